The van der Waals surface area contributed by atoms with Gasteiger partial charge in [-0.05, 0) is 94.0 Å². The fourth-order valence-electron chi connectivity index (χ4n) is 6.92. The maximum Gasteiger partial charge on any atom is 0.425 e. The van der Waals surface area contributed by atoms with Crippen molar-refractivity contribution < 1.29 is 19.1 Å². The van der Waals surface area contributed by atoms with Crippen LogP contribution in [0.25, 0.3) is 44.4 Å². The zero-order valence-electron chi connectivity index (χ0n) is 31.0. The van der Waals surface area contributed by atoms with E-state index in [1.807, 2.05) is 71.0 Å². The Balaban J connectivity index is 1.03. The molecule has 2 aliphatic rings. The Morgan fingerprint density at radius 3 is 1.94 bits per heavy atom. The van der Waals surface area contributed by atoms with E-state index < -0.39 is 11.2 Å². The van der Waals surface area contributed by atoms with Gasteiger partial charge in [0.2, 0.25) is 0 Å². The molecule has 272 valence electrons. The molecule has 2 unspecified atom stereocenters. The van der Waals surface area contributed by atoms with Gasteiger partial charge in [0.25, 0.3) is 0 Å². The van der Waals surface area contributed by atoms with Gasteiger partial charge in [-0.15, -0.1) is 0 Å². The molecule has 0 aliphatic carbocycles. The minimum Gasteiger partial charge on any atom is -0.459 e. The highest BCUT2D eigenvalue weighted by atomic mass is 16.6. The second-order valence-electron chi connectivity index (χ2n) is 15.7. The first-order chi connectivity index (χ1) is 24.7. The average molecular weight is 705 g/mol. The lowest BCUT2D eigenvalue weighted by Gasteiger charge is -2.31. The van der Waals surface area contributed by atoms with E-state index in [1.165, 1.54) is 0 Å². The van der Waals surface area contributed by atoms with Crippen LogP contribution in [0.5, 0.6) is 0 Å². The fourth-order valence-corrected chi connectivity index (χ4v) is 6.92. The fraction of sp³-hybridized carbons (Fsp3) is 0.400. The largest absolute Gasteiger partial charge is 0.459 e. The van der Waals surface area contributed by atoms with Gasteiger partial charge in [0.1, 0.15) is 35.4 Å². The summed E-state index contributed by atoms with van der Waals surface area (Å²) in [6.45, 7) is 12.9. The van der Waals surface area contributed by atoms with Crippen molar-refractivity contribution in [2.75, 3.05) is 26.7 Å². The van der Waals surface area contributed by atoms with Gasteiger partial charge in [0.15, 0.2) is 0 Å². The van der Waals surface area contributed by atoms with Crippen molar-refractivity contribution in [2.45, 2.75) is 77.7 Å². The Morgan fingerprint density at radius 1 is 0.731 bits per heavy atom. The van der Waals surface area contributed by atoms with Crippen LogP contribution in [0.2, 0.25) is 0 Å². The number of hydrogen-bond acceptors (Lipinski definition) is 9. The Morgan fingerprint density at radius 2 is 1.29 bits per heavy atom. The second-order valence-corrected chi connectivity index (χ2v) is 15.7. The molecule has 2 fully saturated rings. The first kappa shape index (κ1) is 35.4. The summed E-state index contributed by atoms with van der Waals surface area (Å²) in [5.74, 6) is 1.30. The lowest BCUT2D eigenvalue weighted by Crippen LogP contribution is -2.43. The smallest absolute Gasteiger partial charge is 0.425 e. The van der Waals surface area contributed by atoms with E-state index in [1.54, 1.807) is 5.01 Å². The van der Waals surface area contributed by atoms with Crippen LogP contribution in [0.3, 0.4) is 0 Å². The first-order valence-electron chi connectivity index (χ1n) is 17.9. The molecule has 4 heterocycles. The monoisotopic (exact) mass is 704 g/mol. The van der Waals surface area contributed by atoms with Gasteiger partial charge in [-0.3, -0.25) is 10.2 Å². The lowest BCUT2D eigenvalue weighted by molar-refractivity contribution is -0.157. The van der Waals surface area contributed by atoms with E-state index in [-0.39, 0.29) is 30.7 Å². The summed E-state index contributed by atoms with van der Waals surface area (Å²) < 4.78 is 11.2. The third kappa shape index (κ3) is 7.74. The number of carbonyl (C=O) groups is 2. The summed E-state index contributed by atoms with van der Waals surface area (Å²) in [7, 11) is 1.90. The summed E-state index contributed by atoms with van der Waals surface area (Å²) in [5, 5.41) is 7.73. The van der Waals surface area contributed by atoms with Crippen LogP contribution in [0, 0.1) is 0 Å². The average Bonchev–Trinajstić information content (AvgIpc) is 3.90. The number of hydrogen-bond donors (Lipinski definition) is 3. The molecule has 12 heteroatoms. The molecule has 2 aliphatic heterocycles. The number of benzene rings is 3. The maximum atomic E-state index is 13.0. The van der Waals surface area contributed by atoms with E-state index in [9.17, 15) is 9.59 Å². The predicted molar refractivity (Wildman–Crippen MR) is 201 cm³/mol. The van der Waals surface area contributed by atoms with Gasteiger partial charge >= 0.3 is 12.1 Å². The number of hydrazine groups is 2. The van der Waals surface area contributed by atoms with Crippen LogP contribution >= 0.6 is 0 Å². The standard InChI is InChI=1S/C40H48N8O4/c1-39(2,3)51-35(49)24-47-33(16-18-43-47)36-41-23-32(45-36)30-15-14-28-20-27(12-13-29(28)21-30)25-8-10-26(11-9-25)31-22-42-37(44-31)34-17-19-46(7)48(34)38(50)52-40(4,5)6/h8-15,20-23,33-34,43H,16-19,24H2,1-7H3,(H,41,45)(H,42,44). The number of aromatic nitrogens is 4. The van der Waals surface area contributed by atoms with E-state index >= 15 is 0 Å². The molecule has 2 atom stereocenters. The van der Waals surface area contributed by atoms with Crippen molar-refractivity contribution in [3.63, 3.8) is 0 Å². The maximum absolute atomic E-state index is 13.0. The SMILES string of the molecule is CN1CCC(c2ncc(-c3ccc(-c4ccc5cc(-c6cnc(C7CCNN7CC(=O)OC(C)(C)C)[nH]6)ccc5c4)cc3)[nH]2)N1C(=O)OC(C)(C)C. The number of rotatable bonds is 7. The topological polar surface area (TPSA) is 132 Å². The van der Waals surface area contributed by atoms with Crippen LogP contribution < -0.4 is 5.43 Å². The number of imidazole rings is 2. The van der Waals surface area contributed by atoms with Gasteiger partial charge < -0.3 is 19.4 Å². The zero-order chi connectivity index (χ0) is 36.8. The van der Waals surface area contributed by atoms with E-state index in [2.05, 4.69) is 81.0 Å². The van der Waals surface area contributed by atoms with Crippen molar-refractivity contribution in [3.05, 3.63) is 84.7 Å². The molecule has 52 heavy (non-hydrogen) atoms. The highest BCUT2D eigenvalue weighted by Gasteiger charge is 2.39. The number of fused-ring (bicyclic) bond motifs is 1. The Bertz CT molecular complexity index is 2070. The molecule has 7 rings (SSSR count). The minimum absolute atomic E-state index is 0.0465. The molecule has 5 aromatic rings. The number of nitrogens with one attached hydrogen (secondary N) is 3. The van der Waals surface area contributed by atoms with Crippen LogP contribution in [-0.4, -0.2) is 84.9 Å². The third-order valence-electron chi connectivity index (χ3n) is 9.30. The van der Waals surface area contributed by atoms with E-state index in [0.717, 1.165) is 82.0 Å². The van der Waals surface area contributed by atoms with Crippen molar-refractivity contribution in [1.29, 1.82) is 0 Å². The van der Waals surface area contributed by atoms with Gasteiger partial charge in [0.05, 0.1) is 29.8 Å². The van der Waals surface area contributed by atoms with Crippen molar-refractivity contribution in [1.82, 2.24) is 40.4 Å². The summed E-state index contributed by atoms with van der Waals surface area (Å²) in [6, 6.07) is 21.1. The molecule has 0 spiro atoms. The number of ether oxygens (including phenoxy) is 2. The molecule has 0 bridgehead atoms. The van der Waals surface area contributed by atoms with Crippen LogP contribution in [0.1, 0.15) is 78.1 Å². The normalized spacial score (nSPS) is 18.7. The van der Waals surface area contributed by atoms with Crippen molar-refractivity contribution >= 4 is 22.8 Å². The highest BCUT2D eigenvalue weighted by molar-refractivity contribution is 5.90. The number of H-pyrrole nitrogens is 2. The molecule has 3 aromatic carbocycles. The summed E-state index contributed by atoms with van der Waals surface area (Å²) in [6.07, 6.45) is 4.93. The van der Waals surface area contributed by atoms with Gasteiger partial charge in [-0.1, -0.05) is 48.5 Å². The molecule has 0 radical (unpaired) electrons. The first-order valence-corrected chi connectivity index (χ1v) is 17.9. The molecule has 2 aromatic heterocycles. The molecule has 3 N–H and O–H groups in total. The van der Waals surface area contributed by atoms with Crippen molar-refractivity contribution in [2.24, 2.45) is 0 Å². The number of carbonyl (C=O) groups excluding carboxylic acids is 2. The zero-order valence-corrected chi connectivity index (χ0v) is 31.0. The summed E-state index contributed by atoms with van der Waals surface area (Å²) in [4.78, 5) is 41.8. The second kappa shape index (κ2) is 13.8. The Hall–Kier alpha value is -5.04. The number of aromatic amines is 2. The summed E-state index contributed by atoms with van der Waals surface area (Å²) in [5.41, 5.74) is 8.32. The lowest BCUT2D eigenvalue weighted by atomic mass is 9.98. The van der Waals surface area contributed by atoms with E-state index in [4.69, 9.17) is 14.5 Å². The number of esters is 1. The predicted octanol–water partition coefficient (Wildman–Crippen LogP) is 7.41. The molecule has 12 nitrogen and oxygen atoms in total. The van der Waals surface area contributed by atoms with Gasteiger partial charge in [-0.2, -0.15) is 0 Å². The third-order valence-corrected chi connectivity index (χ3v) is 9.30. The van der Waals surface area contributed by atoms with Crippen LogP contribution in [0.4, 0.5) is 4.79 Å². The molecule has 0 saturated carbocycles. The molecular weight excluding hydrogens is 656 g/mol. The molecule has 1 amide bonds. The highest BCUT2D eigenvalue weighted by Crippen LogP contribution is 2.34. The Kier molecular flexibility index (Phi) is 9.41. The van der Waals surface area contributed by atoms with E-state index in [0.29, 0.717) is 0 Å². The molecule has 2 saturated heterocycles. The van der Waals surface area contributed by atoms with Gasteiger partial charge in [0, 0.05) is 25.7 Å². The van der Waals surface area contributed by atoms with Crippen LogP contribution in [-0.2, 0) is 14.3 Å². The number of nitrogens with zero attached hydrogens (tertiary/aromatic N) is 5. The quantitative estimate of drug-likeness (QED) is 0.148. The number of amides is 1. The summed E-state index contributed by atoms with van der Waals surface area (Å²) >= 11 is 0. The Labute approximate surface area is 304 Å². The van der Waals surface area contributed by atoms with Gasteiger partial charge in [-0.25, -0.2) is 29.8 Å². The van der Waals surface area contributed by atoms with Crippen molar-refractivity contribution in [3.8, 4) is 33.6 Å². The minimum atomic E-state index is -0.580. The van der Waals surface area contributed by atoms with Crippen LogP contribution in [0.15, 0.2) is 73.1 Å². The molecular formula is C40H48N8O4.